The molecule has 0 saturated heterocycles. The Bertz CT molecular complexity index is 197. The Labute approximate surface area is 53.9 Å². The number of rotatable bonds is 1. The Balaban J connectivity index is 2.94. The maximum Gasteiger partial charge on any atom is 0.0769 e. The van der Waals surface area contributed by atoms with E-state index in [0.717, 1.165) is 11.3 Å². The maximum absolute atomic E-state index is 5.32. The van der Waals surface area contributed by atoms with E-state index >= 15 is 0 Å². The molecule has 0 aliphatic carbocycles. The highest BCUT2D eigenvalue weighted by molar-refractivity contribution is 5.09. The molecule has 1 aromatic rings. The lowest BCUT2D eigenvalue weighted by Crippen LogP contribution is -2.00. The fourth-order valence-electron chi connectivity index (χ4n) is 0.623. The van der Waals surface area contributed by atoms with Crippen molar-refractivity contribution in [3.05, 3.63) is 23.5 Å². The van der Waals surface area contributed by atoms with Crippen LogP contribution in [0.5, 0.6) is 0 Å². The maximum atomic E-state index is 5.32. The number of hydrogen-bond donors (Lipinski definition) is 1. The summed E-state index contributed by atoms with van der Waals surface area (Å²) in [5, 5.41) is 7.51. The molecule has 0 amide bonds. The topological polar surface area (TPSA) is 51.8 Å². The quantitative estimate of drug-likeness (QED) is 0.582. The molecule has 0 atom stereocenters. The van der Waals surface area contributed by atoms with Crippen LogP contribution in [0.2, 0.25) is 0 Å². The highest BCUT2D eigenvalue weighted by atomic mass is 15.1. The van der Waals surface area contributed by atoms with Gasteiger partial charge in [-0.3, -0.25) is 0 Å². The molecule has 1 aromatic heterocycles. The van der Waals surface area contributed by atoms with E-state index in [2.05, 4.69) is 10.2 Å². The molecule has 0 aromatic carbocycles. The molecule has 0 radical (unpaired) electrons. The molecule has 0 unspecified atom stereocenters. The van der Waals surface area contributed by atoms with Crippen LogP contribution in [0, 0.1) is 6.92 Å². The standard InChI is InChI=1S/C6H9N3/c1-5-2-6(3-7)9-8-4-5/h2,4H,3,7H2,1H3. The van der Waals surface area contributed by atoms with Crippen LogP contribution in [0.3, 0.4) is 0 Å². The Morgan fingerprint density at radius 1 is 1.67 bits per heavy atom. The smallest absolute Gasteiger partial charge is 0.0769 e. The Morgan fingerprint density at radius 3 is 2.89 bits per heavy atom. The van der Waals surface area contributed by atoms with E-state index in [1.807, 2.05) is 13.0 Å². The van der Waals surface area contributed by atoms with Crippen molar-refractivity contribution >= 4 is 0 Å². The first-order chi connectivity index (χ1) is 4.33. The number of hydrogen-bond acceptors (Lipinski definition) is 3. The van der Waals surface area contributed by atoms with E-state index in [-0.39, 0.29) is 0 Å². The molecule has 48 valence electrons. The van der Waals surface area contributed by atoms with Crippen molar-refractivity contribution < 1.29 is 0 Å². The van der Waals surface area contributed by atoms with E-state index in [1.54, 1.807) is 6.20 Å². The first-order valence-corrected chi connectivity index (χ1v) is 2.81. The van der Waals surface area contributed by atoms with Crippen LogP contribution < -0.4 is 5.73 Å². The number of aryl methyl sites for hydroxylation is 1. The summed E-state index contributed by atoms with van der Waals surface area (Å²) in [6.45, 7) is 2.43. The largest absolute Gasteiger partial charge is 0.325 e. The van der Waals surface area contributed by atoms with E-state index < -0.39 is 0 Å². The number of nitrogens with zero attached hydrogens (tertiary/aromatic N) is 2. The van der Waals surface area contributed by atoms with E-state index in [0.29, 0.717) is 6.54 Å². The summed E-state index contributed by atoms with van der Waals surface area (Å²) in [5.41, 5.74) is 7.26. The predicted molar refractivity (Wildman–Crippen MR) is 34.7 cm³/mol. The van der Waals surface area contributed by atoms with Crippen LogP contribution in [0.4, 0.5) is 0 Å². The van der Waals surface area contributed by atoms with E-state index in [9.17, 15) is 0 Å². The Morgan fingerprint density at radius 2 is 2.44 bits per heavy atom. The van der Waals surface area contributed by atoms with Crippen LogP contribution >= 0.6 is 0 Å². The minimum atomic E-state index is 0.467. The van der Waals surface area contributed by atoms with Crippen LogP contribution in [0.25, 0.3) is 0 Å². The van der Waals surface area contributed by atoms with Crippen molar-refractivity contribution in [1.82, 2.24) is 10.2 Å². The van der Waals surface area contributed by atoms with Crippen molar-refractivity contribution in [3.8, 4) is 0 Å². The third-order valence-electron chi connectivity index (χ3n) is 1.05. The lowest BCUT2D eigenvalue weighted by Gasteiger charge is -1.92. The predicted octanol–water partition coefficient (Wildman–Crippen LogP) is 0.244. The molecule has 3 nitrogen and oxygen atoms in total. The van der Waals surface area contributed by atoms with Gasteiger partial charge in [0.2, 0.25) is 0 Å². The summed E-state index contributed by atoms with van der Waals surface area (Å²) in [4.78, 5) is 0. The monoisotopic (exact) mass is 123 g/mol. The number of nitrogens with two attached hydrogens (primary N) is 1. The van der Waals surface area contributed by atoms with Gasteiger partial charge in [-0.05, 0) is 18.6 Å². The molecule has 0 bridgehead atoms. The molecular formula is C6H9N3. The van der Waals surface area contributed by atoms with Crippen LogP contribution in [0.1, 0.15) is 11.3 Å². The third kappa shape index (κ3) is 1.47. The van der Waals surface area contributed by atoms with Gasteiger partial charge in [0.25, 0.3) is 0 Å². The van der Waals surface area contributed by atoms with Crippen molar-refractivity contribution in [2.24, 2.45) is 5.73 Å². The molecule has 9 heavy (non-hydrogen) atoms. The zero-order valence-corrected chi connectivity index (χ0v) is 5.33. The van der Waals surface area contributed by atoms with Crippen molar-refractivity contribution in [2.45, 2.75) is 13.5 Å². The average molecular weight is 123 g/mol. The highest BCUT2D eigenvalue weighted by Crippen LogP contribution is 1.94. The van der Waals surface area contributed by atoms with Gasteiger partial charge in [-0.15, -0.1) is 0 Å². The van der Waals surface area contributed by atoms with Gasteiger partial charge in [-0.2, -0.15) is 10.2 Å². The fourth-order valence-corrected chi connectivity index (χ4v) is 0.623. The summed E-state index contributed by atoms with van der Waals surface area (Å²) >= 11 is 0. The zero-order chi connectivity index (χ0) is 6.69. The second-order valence-corrected chi connectivity index (χ2v) is 1.93. The van der Waals surface area contributed by atoms with Gasteiger partial charge in [0, 0.05) is 6.54 Å². The first-order valence-electron chi connectivity index (χ1n) is 2.81. The van der Waals surface area contributed by atoms with Gasteiger partial charge in [-0.25, -0.2) is 0 Å². The van der Waals surface area contributed by atoms with Crippen LogP contribution in [0.15, 0.2) is 12.3 Å². The number of aromatic nitrogens is 2. The van der Waals surface area contributed by atoms with Crippen molar-refractivity contribution in [3.63, 3.8) is 0 Å². The Kier molecular flexibility index (Phi) is 1.75. The normalized spacial score (nSPS) is 9.56. The lowest BCUT2D eigenvalue weighted by atomic mass is 10.3. The highest BCUT2D eigenvalue weighted by Gasteiger charge is 1.89. The summed E-state index contributed by atoms with van der Waals surface area (Å²) in [6, 6.07) is 1.92. The van der Waals surface area contributed by atoms with Gasteiger partial charge < -0.3 is 5.73 Å². The van der Waals surface area contributed by atoms with Crippen molar-refractivity contribution in [2.75, 3.05) is 0 Å². The molecule has 0 aliphatic heterocycles. The fraction of sp³-hybridized carbons (Fsp3) is 0.333. The summed E-state index contributed by atoms with van der Waals surface area (Å²) in [5.74, 6) is 0. The molecule has 0 saturated carbocycles. The molecule has 0 fully saturated rings. The van der Waals surface area contributed by atoms with Crippen LogP contribution in [-0.4, -0.2) is 10.2 Å². The molecule has 2 N–H and O–H groups in total. The van der Waals surface area contributed by atoms with Gasteiger partial charge in [-0.1, -0.05) is 0 Å². The average Bonchev–Trinajstić information content (AvgIpc) is 1.88. The lowest BCUT2D eigenvalue weighted by molar-refractivity contribution is 0.889. The molecule has 1 rings (SSSR count). The second-order valence-electron chi connectivity index (χ2n) is 1.93. The Hall–Kier alpha value is -0.960. The summed E-state index contributed by atoms with van der Waals surface area (Å²) in [7, 11) is 0. The summed E-state index contributed by atoms with van der Waals surface area (Å²) < 4.78 is 0. The molecule has 3 heteroatoms. The van der Waals surface area contributed by atoms with Gasteiger partial charge in [0.05, 0.1) is 11.9 Å². The molecule has 0 aliphatic rings. The van der Waals surface area contributed by atoms with E-state index in [4.69, 9.17) is 5.73 Å². The minimum Gasteiger partial charge on any atom is -0.325 e. The van der Waals surface area contributed by atoms with Gasteiger partial charge in [0.15, 0.2) is 0 Å². The minimum absolute atomic E-state index is 0.467. The van der Waals surface area contributed by atoms with Gasteiger partial charge >= 0.3 is 0 Å². The molecule has 1 heterocycles. The third-order valence-corrected chi connectivity index (χ3v) is 1.05. The molecule has 0 spiro atoms. The summed E-state index contributed by atoms with van der Waals surface area (Å²) in [6.07, 6.45) is 1.71. The van der Waals surface area contributed by atoms with Crippen molar-refractivity contribution in [1.29, 1.82) is 0 Å². The zero-order valence-electron chi connectivity index (χ0n) is 5.33. The second kappa shape index (κ2) is 2.55. The molecular weight excluding hydrogens is 114 g/mol. The van der Waals surface area contributed by atoms with Gasteiger partial charge in [0.1, 0.15) is 0 Å². The first kappa shape index (κ1) is 6.16. The van der Waals surface area contributed by atoms with E-state index in [1.165, 1.54) is 0 Å². The van der Waals surface area contributed by atoms with Crippen LogP contribution in [-0.2, 0) is 6.54 Å². The SMILES string of the molecule is Cc1cnnc(CN)c1.